The third-order valence-electron chi connectivity index (χ3n) is 3.43. The molecule has 0 saturated carbocycles. The van der Waals surface area contributed by atoms with Gasteiger partial charge in [-0.05, 0) is 0 Å². The summed E-state index contributed by atoms with van der Waals surface area (Å²) < 4.78 is 287. The standard InChI is InChI=1S/C10F22O2Si/c11-1(12)2(13)35(33-9(29,30)7(23,24)25,34-10(31,32)8(26,27)28)3(4(14,15)16,5(17,18)19)6(20,21)22. The normalized spacial score (nSPS) is 15.9. The third-order valence-corrected chi connectivity index (χ3v) is 7.12. The van der Waals surface area contributed by atoms with E-state index in [1.165, 1.54) is 8.85 Å². The molecule has 210 valence electrons. The predicted octanol–water partition coefficient (Wildman–Crippen LogP) is 7.82. The van der Waals surface area contributed by atoms with Gasteiger partial charge in [0.05, 0.1) is 0 Å². The van der Waals surface area contributed by atoms with Crippen molar-refractivity contribution in [3.8, 4) is 0 Å². The Bertz CT molecular complexity index is 723. The maximum absolute atomic E-state index is 13.8. The van der Waals surface area contributed by atoms with Gasteiger partial charge in [-0.15, -0.1) is 0 Å². The number of rotatable bonds is 6. The Morgan fingerprint density at radius 2 is 0.629 bits per heavy atom. The summed E-state index contributed by atoms with van der Waals surface area (Å²) in [5.41, 5.74) is -5.63. The lowest BCUT2D eigenvalue weighted by atomic mass is 10.1. The SMILES string of the molecule is FC(F)=C(F)[Si](OC(F)(F)C(F)(F)F)(OC(F)(F)C(F)(F)F)C(C(F)(F)F)(C(F)(F)F)C(F)(F)F. The number of hydrogen-bond donors (Lipinski definition) is 0. The van der Waals surface area contributed by atoms with Gasteiger partial charge in [0.25, 0.3) is 0 Å². The van der Waals surface area contributed by atoms with E-state index >= 15 is 0 Å². The van der Waals surface area contributed by atoms with Gasteiger partial charge in [0.1, 0.15) is 0 Å². The van der Waals surface area contributed by atoms with Crippen LogP contribution >= 0.6 is 0 Å². The second kappa shape index (κ2) is 8.72. The minimum atomic E-state index is -11.0. The Morgan fingerprint density at radius 1 is 0.400 bits per heavy atom. The van der Waals surface area contributed by atoms with E-state index in [9.17, 15) is 96.6 Å². The molecule has 0 amide bonds. The molecule has 0 fully saturated rings. The van der Waals surface area contributed by atoms with Crippen molar-refractivity contribution in [1.29, 1.82) is 0 Å². The zero-order valence-corrected chi connectivity index (χ0v) is 15.6. The van der Waals surface area contributed by atoms with E-state index in [2.05, 4.69) is 0 Å². The van der Waals surface area contributed by atoms with Crippen molar-refractivity contribution in [2.24, 2.45) is 0 Å². The van der Waals surface area contributed by atoms with Gasteiger partial charge in [0.2, 0.25) is 5.45 Å². The maximum atomic E-state index is 13.8. The lowest BCUT2D eigenvalue weighted by Crippen LogP contribution is -2.75. The summed E-state index contributed by atoms with van der Waals surface area (Å²) in [6.07, 6.45) is -64.0. The first-order valence-corrected chi connectivity index (χ1v) is 8.79. The molecule has 0 aliphatic carbocycles. The van der Waals surface area contributed by atoms with Gasteiger partial charge >= 0.3 is 62.8 Å². The molecule has 35 heavy (non-hydrogen) atoms. The molecule has 0 bridgehead atoms. The second-order valence-electron chi connectivity index (χ2n) is 5.67. The Balaban J connectivity index is 8.53. The van der Waals surface area contributed by atoms with Crippen LogP contribution < -0.4 is 0 Å². The van der Waals surface area contributed by atoms with Gasteiger partial charge in [0, 0.05) is 0 Å². The summed E-state index contributed by atoms with van der Waals surface area (Å²) in [7, 11) is -11.0. The van der Waals surface area contributed by atoms with E-state index in [1.54, 1.807) is 0 Å². The van der Waals surface area contributed by atoms with Crippen LogP contribution in [0.5, 0.6) is 0 Å². The topological polar surface area (TPSA) is 18.5 Å². The van der Waals surface area contributed by atoms with Crippen molar-refractivity contribution in [2.75, 3.05) is 0 Å². The highest BCUT2D eigenvalue weighted by Gasteiger charge is 2.99. The fourth-order valence-electron chi connectivity index (χ4n) is 2.07. The van der Waals surface area contributed by atoms with E-state index < -0.39 is 68.2 Å². The highest BCUT2D eigenvalue weighted by atomic mass is 28.4. The van der Waals surface area contributed by atoms with Gasteiger partial charge in [-0.1, -0.05) is 0 Å². The average molecular weight is 598 g/mol. The Kier molecular flexibility index (Phi) is 8.31. The first-order valence-electron chi connectivity index (χ1n) is 6.97. The van der Waals surface area contributed by atoms with Crippen molar-refractivity contribution in [2.45, 2.75) is 48.1 Å². The molecule has 0 aromatic heterocycles. The molecule has 25 heteroatoms. The largest absolute Gasteiger partial charge is 0.481 e. The quantitative estimate of drug-likeness (QED) is 0.230. The maximum Gasteiger partial charge on any atom is 0.481 e. The van der Waals surface area contributed by atoms with E-state index in [-0.39, 0.29) is 0 Å². The van der Waals surface area contributed by atoms with Crippen LogP contribution in [0.3, 0.4) is 0 Å². The summed E-state index contributed by atoms with van der Waals surface area (Å²) in [6.45, 7) is 0. The average Bonchev–Trinajstić information content (AvgIpc) is 2.46. The molecule has 0 aliphatic heterocycles. The van der Waals surface area contributed by atoms with Crippen molar-refractivity contribution < 1.29 is 105 Å². The molecule has 0 heterocycles. The van der Waals surface area contributed by atoms with Crippen LogP contribution in [0.25, 0.3) is 0 Å². The molecule has 0 unspecified atom stereocenters. The number of hydrogen-bond acceptors (Lipinski definition) is 2. The van der Waals surface area contributed by atoms with Gasteiger partial charge in [0.15, 0.2) is 0 Å². The van der Waals surface area contributed by atoms with Gasteiger partial charge in [-0.3, -0.25) is 0 Å². The molecule has 0 atom stereocenters. The van der Waals surface area contributed by atoms with Crippen LogP contribution in [0.15, 0.2) is 11.5 Å². The van der Waals surface area contributed by atoms with Crippen LogP contribution in [0, 0.1) is 0 Å². The summed E-state index contributed by atoms with van der Waals surface area (Å²) in [5, 5.41) is -9.10. The molecular formula is C10F22O2Si. The Labute approximate surface area is 175 Å². The van der Waals surface area contributed by atoms with Gasteiger partial charge in [-0.2, -0.15) is 92.2 Å². The van der Waals surface area contributed by atoms with Crippen LogP contribution in [-0.4, -0.2) is 51.7 Å². The summed E-state index contributed by atoms with van der Waals surface area (Å²) in [6, 6.07) is 0. The number of halogens is 22. The summed E-state index contributed by atoms with van der Waals surface area (Å²) >= 11 is 0. The van der Waals surface area contributed by atoms with Crippen LogP contribution in [-0.2, 0) is 8.85 Å². The highest BCUT2D eigenvalue weighted by Crippen LogP contribution is 2.73. The Hall–Kier alpha value is -1.66. The van der Waals surface area contributed by atoms with E-state index in [1.807, 2.05) is 0 Å². The van der Waals surface area contributed by atoms with Gasteiger partial charge in [-0.25, -0.2) is 4.39 Å². The smallest absolute Gasteiger partial charge is 0.322 e. The van der Waals surface area contributed by atoms with E-state index in [4.69, 9.17) is 0 Å². The van der Waals surface area contributed by atoms with Crippen molar-refractivity contribution in [1.82, 2.24) is 0 Å². The molecular weight excluding hydrogens is 598 g/mol. The van der Waals surface area contributed by atoms with Crippen molar-refractivity contribution in [3.05, 3.63) is 11.5 Å². The zero-order valence-electron chi connectivity index (χ0n) is 14.6. The van der Waals surface area contributed by atoms with Gasteiger partial charge < -0.3 is 8.85 Å². The van der Waals surface area contributed by atoms with Crippen LogP contribution in [0.1, 0.15) is 0 Å². The Morgan fingerprint density at radius 3 is 0.771 bits per heavy atom. The zero-order chi connectivity index (χ0) is 29.1. The van der Waals surface area contributed by atoms with Crippen LogP contribution in [0.2, 0.25) is 5.04 Å². The summed E-state index contributed by atoms with van der Waals surface area (Å²) in [5.74, 6) is 0. The van der Waals surface area contributed by atoms with Crippen molar-refractivity contribution >= 4 is 8.56 Å². The molecule has 0 aliphatic rings. The molecule has 0 aromatic rings. The molecule has 2 nitrogen and oxygen atoms in total. The molecule has 0 spiro atoms. The number of alkyl halides is 19. The molecule has 0 aromatic carbocycles. The lowest BCUT2D eigenvalue weighted by Gasteiger charge is -2.48. The molecule has 0 saturated heterocycles. The molecule has 0 N–H and O–H groups in total. The first kappa shape index (κ1) is 33.3. The summed E-state index contributed by atoms with van der Waals surface area (Å²) in [4.78, 5) is 0. The second-order valence-corrected chi connectivity index (χ2v) is 8.50. The molecule has 0 radical (unpaired) electrons. The first-order chi connectivity index (χ1) is 14.8. The van der Waals surface area contributed by atoms with E-state index in [0.717, 1.165) is 0 Å². The fraction of sp³-hybridized carbons (Fsp3) is 0.800. The minimum Gasteiger partial charge on any atom is -0.322 e. The third kappa shape index (κ3) is 5.39. The predicted molar refractivity (Wildman–Crippen MR) is 61.1 cm³/mol. The monoisotopic (exact) mass is 598 g/mol. The molecule has 0 rings (SSSR count). The highest BCUT2D eigenvalue weighted by molar-refractivity contribution is 6.78. The minimum absolute atomic E-state index is 1.39. The lowest BCUT2D eigenvalue weighted by molar-refractivity contribution is -0.414. The van der Waals surface area contributed by atoms with Crippen LogP contribution in [0.4, 0.5) is 96.6 Å². The van der Waals surface area contributed by atoms with E-state index in [0.29, 0.717) is 0 Å². The van der Waals surface area contributed by atoms with Crippen molar-refractivity contribution in [3.63, 3.8) is 0 Å². The fourth-order valence-corrected chi connectivity index (χ4v) is 5.25.